The van der Waals surface area contributed by atoms with Gasteiger partial charge in [0.15, 0.2) is 0 Å². The largest absolute Gasteiger partial charge is 0.481 e. The second-order valence-electron chi connectivity index (χ2n) is 9.94. The molecule has 3 atom stereocenters. The molecule has 3 N–H and O–H groups in total. The van der Waals surface area contributed by atoms with Crippen LogP contribution in [0.25, 0.3) is 0 Å². The lowest BCUT2D eigenvalue weighted by Crippen LogP contribution is -2.74. The monoisotopic (exact) mass is 559 g/mol. The van der Waals surface area contributed by atoms with Gasteiger partial charge < -0.3 is 25.4 Å². The van der Waals surface area contributed by atoms with Crippen molar-refractivity contribution < 1.29 is 29.0 Å². The van der Waals surface area contributed by atoms with E-state index >= 15 is 0 Å². The van der Waals surface area contributed by atoms with Crippen molar-refractivity contribution in [2.75, 3.05) is 18.9 Å². The molecule has 3 amide bonds. The number of nitrogens with zero attached hydrogens (tertiary/aromatic N) is 1. The standard InChI is InChI=1S/C30H29N3O6S/c34-23(16-20-10-4-1-5-11-20)31-25-26(35)33-17-30(28(36)37,19-40-27(25)33)18-39-29(38)32-24(21-12-6-2-7-13-21)22-14-8-3-9-15-22/h1-15,24-25,27H,16-19H2,(H,31,34)(H,32,38)(H,36,37)/t25?,27-,30?/m1/s1. The SMILES string of the molecule is O=C(Cc1ccccc1)NC1C(=O)N2CC(COC(=O)NC(c3ccccc3)c3ccccc3)(C(=O)O)CS[C@H]12. The summed E-state index contributed by atoms with van der Waals surface area (Å²) in [6.07, 6.45) is -0.608. The second kappa shape index (κ2) is 11.8. The number of carbonyl (C=O) groups excluding carboxylic acids is 3. The van der Waals surface area contributed by atoms with Crippen LogP contribution in [-0.4, -0.2) is 64.2 Å². The summed E-state index contributed by atoms with van der Waals surface area (Å²) >= 11 is 1.27. The van der Waals surface area contributed by atoms with E-state index in [-0.39, 0.29) is 35.9 Å². The molecule has 0 saturated carbocycles. The number of β-lactam (4-membered cyclic amide) rings is 1. The summed E-state index contributed by atoms with van der Waals surface area (Å²) in [7, 11) is 0. The average molecular weight is 560 g/mol. The van der Waals surface area contributed by atoms with Crippen molar-refractivity contribution in [2.24, 2.45) is 5.41 Å². The first-order valence-electron chi connectivity index (χ1n) is 12.9. The van der Waals surface area contributed by atoms with Gasteiger partial charge in [-0.2, -0.15) is 0 Å². The summed E-state index contributed by atoms with van der Waals surface area (Å²) in [4.78, 5) is 52.1. The fraction of sp³-hybridized carbons (Fsp3) is 0.267. The van der Waals surface area contributed by atoms with Gasteiger partial charge in [-0.25, -0.2) is 4.79 Å². The Hall–Kier alpha value is -4.31. The number of rotatable bonds is 9. The number of carboxylic acid groups (broad SMARTS) is 1. The van der Waals surface area contributed by atoms with Crippen LogP contribution in [0.15, 0.2) is 91.0 Å². The van der Waals surface area contributed by atoms with Crippen molar-refractivity contribution in [3.8, 4) is 0 Å². The molecule has 40 heavy (non-hydrogen) atoms. The molecule has 3 aromatic rings. The third-order valence-electron chi connectivity index (χ3n) is 7.13. The summed E-state index contributed by atoms with van der Waals surface area (Å²) in [6, 6.07) is 26.8. The fourth-order valence-corrected chi connectivity index (χ4v) is 6.45. The molecule has 0 spiro atoms. The Morgan fingerprint density at radius 2 is 1.52 bits per heavy atom. The predicted molar refractivity (Wildman–Crippen MR) is 149 cm³/mol. The minimum atomic E-state index is -1.47. The topological polar surface area (TPSA) is 125 Å². The van der Waals surface area contributed by atoms with Crippen LogP contribution in [0.4, 0.5) is 4.79 Å². The molecule has 2 aliphatic heterocycles. The van der Waals surface area contributed by atoms with Gasteiger partial charge in [0, 0.05) is 12.3 Å². The molecule has 0 aromatic heterocycles. The van der Waals surface area contributed by atoms with Gasteiger partial charge in [-0.3, -0.25) is 14.4 Å². The molecule has 3 aromatic carbocycles. The Bertz CT molecular complexity index is 1330. The number of amides is 3. The van der Waals surface area contributed by atoms with E-state index in [4.69, 9.17) is 4.74 Å². The highest BCUT2D eigenvalue weighted by atomic mass is 32.2. The summed E-state index contributed by atoms with van der Waals surface area (Å²) in [5.41, 5.74) is 1.06. The highest BCUT2D eigenvalue weighted by Crippen LogP contribution is 2.42. The molecule has 2 unspecified atom stereocenters. The molecule has 0 radical (unpaired) electrons. The van der Waals surface area contributed by atoms with Gasteiger partial charge in [0.05, 0.1) is 12.5 Å². The van der Waals surface area contributed by atoms with E-state index < -0.39 is 36.2 Å². The Morgan fingerprint density at radius 1 is 0.950 bits per heavy atom. The van der Waals surface area contributed by atoms with Crippen LogP contribution in [0.3, 0.4) is 0 Å². The molecule has 9 nitrogen and oxygen atoms in total. The minimum absolute atomic E-state index is 0.113. The van der Waals surface area contributed by atoms with Crippen molar-refractivity contribution in [3.05, 3.63) is 108 Å². The van der Waals surface area contributed by atoms with Crippen molar-refractivity contribution in [2.45, 2.75) is 23.9 Å². The summed E-state index contributed by atoms with van der Waals surface area (Å²) in [5, 5.41) is 15.4. The minimum Gasteiger partial charge on any atom is -0.481 e. The number of carboxylic acids is 1. The summed E-state index contributed by atoms with van der Waals surface area (Å²) in [5.74, 6) is -1.65. The zero-order valence-corrected chi connectivity index (χ0v) is 22.4. The number of carbonyl (C=O) groups is 4. The van der Waals surface area contributed by atoms with Crippen LogP contribution in [-0.2, 0) is 25.5 Å². The third-order valence-corrected chi connectivity index (χ3v) is 8.72. The van der Waals surface area contributed by atoms with Gasteiger partial charge in [-0.05, 0) is 16.7 Å². The summed E-state index contributed by atoms with van der Waals surface area (Å²) < 4.78 is 5.47. The smallest absolute Gasteiger partial charge is 0.407 e. The molecular weight excluding hydrogens is 530 g/mol. The Labute approximate surface area is 235 Å². The number of aliphatic carboxylic acids is 1. The maximum Gasteiger partial charge on any atom is 0.407 e. The molecule has 5 rings (SSSR count). The lowest BCUT2D eigenvalue weighted by molar-refractivity contribution is -0.161. The number of benzene rings is 3. The van der Waals surface area contributed by atoms with Crippen molar-refractivity contribution in [1.29, 1.82) is 0 Å². The molecule has 2 aliphatic rings. The van der Waals surface area contributed by atoms with Gasteiger partial charge in [0.1, 0.15) is 23.4 Å². The predicted octanol–water partition coefficient (Wildman–Crippen LogP) is 3.22. The van der Waals surface area contributed by atoms with E-state index in [9.17, 15) is 24.3 Å². The second-order valence-corrected chi connectivity index (χ2v) is 11.0. The number of fused-ring (bicyclic) bond motifs is 1. The van der Waals surface area contributed by atoms with Crippen molar-refractivity contribution in [1.82, 2.24) is 15.5 Å². The van der Waals surface area contributed by atoms with Gasteiger partial charge in [0.25, 0.3) is 0 Å². The first-order valence-corrected chi connectivity index (χ1v) is 13.9. The number of hydrogen-bond acceptors (Lipinski definition) is 6. The van der Waals surface area contributed by atoms with E-state index in [1.54, 1.807) is 0 Å². The van der Waals surface area contributed by atoms with E-state index in [1.807, 2.05) is 91.0 Å². The zero-order chi connectivity index (χ0) is 28.1. The highest BCUT2D eigenvalue weighted by Gasteiger charge is 2.58. The van der Waals surface area contributed by atoms with Gasteiger partial charge in [0.2, 0.25) is 11.8 Å². The molecule has 2 heterocycles. The first kappa shape index (κ1) is 27.3. The first-order chi connectivity index (χ1) is 19.4. The molecule has 0 aliphatic carbocycles. The van der Waals surface area contributed by atoms with E-state index in [1.165, 1.54) is 16.7 Å². The number of thioether (sulfide) groups is 1. The van der Waals surface area contributed by atoms with Crippen LogP contribution in [0.5, 0.6) is 0 Å². The van der Waals surface area contributed by atoms with E-state index in [2.05, 4.69) is 10.6 Å². The third kappa shape index (κ3) is 5.81. The van der Waals surface area contributed by atoms with E-state index in [0.29, 0.717) is 0 Å². The molecule has 2 saturated heterocycles. The highest BCUT2D eigenvalue weighted by molar-refractivity contribution is 8.00. The van der Waals surface area contributed by atoms with Gasteiger partial charge >= 0.3 is 12.1 Å². The van der Waals surface area contributed by atoms with Crippen molar-refractivity contribution in [3.63, 3.8) is 0 Å². The van der Waals surface area contributed by atoms with Gasteiger partial charge in [-0.15, -0.1) is 11.8 Å². The molecule has 206 valence electrons. The molecule has 2 fully saturated rings. The van der Waals surface area contributed by atoms with Crippen LogP contribution >= 0.6 is 11.8 Å². The number of alkyl carbamates (subject to hydrolysis) is 1. The van der Waals surface area contributed by atoms with Crippen LogP contribution in [0.2, 0.25) is 0 Å². The van der Waals surface area contributed by atoms with Crippen LogP contribution in [0, 0.1) is 5.41 Å². The Balaban J connectivity index is 1.20. The van der Waals surface area contributed by atoms with E-state index in [0.717, 1.165) is 16.7 Å². The normalized spacial score (nSPS) is 21.6. The summed E-state index contributed by atoms with van der Waals surface area (Å²) in [6.45, 7) is -0.517. The molecular formula is C30H29N3O6S. The number of ether oxygens (including phenoxy) is 1. The Morgan fingerprint density at radius 3 is 2.10 bits per heavy atom. The van der Waals surface area contributed by atoms with Crippen molar-refractivity contribution >= 4 is 35.6 Å². The quantitative estimate of drug-likeness (QED) is 0.344. The number of nitrogens with one attached hydrogen (secondary N) is 2. The fourth-order valence-electron chi connectivity index (χ4n) is 4.93. The molecule has 10 heteroatoms. The maximum absolute atomic E-state index is 12.9. The average Bonchev–Trinajstić information content (AvgIpc) is 2.98. The zero-order valence-electron chi connectivity index (χ0n) is 21.6. The Kier molecular flexibility index (Phi) is 8.06. The lowest BCUT2D eigenvalue weighted by Gasteiger charge is -2.53. The van der Waals surface area contributed by atoms with Crippen LogP contribution < -0.4 is 10.6 Å². The molecule has 0 bridgehead atoms. The van der Waals surface area contributed by atoms with Crippen LogP contribution in [0.1, 0.15) is 22.7 Å². The maximum atomic E-state index is 12.9. The lowest BCUT2D eigenvalue weighted by atomic mass is 9.88. The van der Waals surface area contributed by atoms with Gasteiger partial charge in [-0.1, -0.05) is 91.0 Å². The number of hydrogen-bond donors (Lipinski definition) is 3.